The Morgan fingerprint density at radius 1 is 1.50 bits per heavy atom. The second kappa shape index (κ2) is 6.83. The van der Waals surface area contributed by atoms with E-state index in [9.17, 15) is 14.0 Å². The molecule has 1 amide bonds. The molecule has 0 radical (unpaired) electrons. The van der Waals surface area contributed by atoms with Crippen LogP contribution in [-0.2, 0) is 9.53 Å². The van der Waals surface area contributed by atoms with Gasteiger partial charge in [0.05, 0.1) is 6.04 Å². The SMILES string of the molecule is CC(C)(C)OC(=O)N[C@@H](CC=O)c1ccc(F)cc1Br. The van der Waals surface area contributed by atoms with Crippen LogP contribution < -0.4 is 5.32 Å². The lowest BCUT2D eigenvalue weighted by molar-refractivity contribution is -0.108. The Morgan fingerprint density at radius 2 is 2.15 bits per heavy atom. The number of hydrogen-bond donors (Lipinski definition) is 1. The van der Waals surface area contributed by atoms with Gasteiger partial charge < -0.3 is 14.8 Å². The van der Waals surface area contributed by atoms with Crippen LogP contribution in [-0.4, -0.2) is 18.0 Å². The van der Waals surface area contributed by atoms with Gasteiger partial charge in [0, 0.05) is 10.9 Å². The van der Waals surface area contributed by atoms with Crippen molar-refractivity contribution in [1.29, 1.82) is 0 Å². The molecule has 0 heterocycles. The lowest BCUT2D eigenvalue weighted by atomic mass is 10.0. The van der Waals surface area contributed by atoms with Gasteiger partial charge in [-0.3, -0.25) is 0 Å². The number of halogens is 2. The van der Waals surface area contributed by atoms with Crippen LogP contribution in [0.5, 0.6) is 0 Å². The highest BCUT2D eigenvalue weighted by Gasteiger charge is 2.21. The van der Waals surface area contributed by atoms with E-state index in [0.29, 0.717) is 16.3 Å². The number of ether oxygens (including phenoxy) is 1. The summed E-state index contributed by atoms with van der Waals surface area (Å²) in [7, 11) is 0. The molecule has 1 aromatic rings. The molecule has 0 bridgehead atoms. The fourth-order valence-corrected chi connectivity index (χ4v) is 2.22. The van der Waals surface area contributed by atoms with E-state index in [-0.39, 0.29) is 6.42 Å². The third-order valence-corrected chi connectivity index (χ3v) is 3.05. The minimum absolute atomic E-state index is 0.0729. The highest BCUT2D eigenvalue weighted by molar-refractivity contribution is 9.10. The van der Waals surface area contributed by atoms with E-state index in [2.05, 4.69) is 21.2 Å². The average molecular weight is 346 g/mol. The van der Waals surface area contributed by atoms with Gasteiger partial charge in [0.1, 0.15) is 17.7 Å². The fraction of sp³-hybridized carbons (Fsp3) is 0.429. The molecule has 0 spiro atoms. The fourth-order valence-electron chi connectivity index (χ4n) is 1.59. The number of carbonyl (C=O) groups excluding carboxylic acids is 2. The summed E-state index contributed by atoms with van der Waals surface area (Å²) < 4.78 is 18.7. The van der Waals surface area contributed by atoms with Crippen molar-refractivity contribution in [1.82, 2.24) is 5.32 Å². The van der Waals surface area contributed by atoms with Crippen LogP contribution in [0.25, 0.3) is 0 Å². The van der Waals surface area contributed by atoms with Crippen molar-refractivity contribution in [2.45, 2.75) is 38.8 Å². The zero-order valence-electron chi connectivity index (χ0n) is 11.6. The predicted octanol–water partition coefficient (Wildman–Crippen LogP) is 3.74. The van der Waals surface area contributed by atoms with Gasteiger partial charge >= 0.3 is 6.09 Å². The van der Waals surface area contributed by atoms with Crippen molar-refractivity contribution >= 4 is 28.3 Å². The summed E-state index contributed by atoms with van der Waals surface area (Å²) in [6.07, 6.45) is 0.141. The van der Waals surface area contributed by atoms with Crippen molar-refractivity contribution < 1.29 is 18.7 Å². The molecular formula is C14H17BrFNO3. The number of aldehydes is 1. The molecule has 0 aliphatic carbocycles. The maximum absolute atomic E-state index is 13.1. The van der Waals surface area contributed by atoms with Gasteiger partial charge in [-0.25, -0.2) is 9.18 Å². The van der Waals surface area contributed by atoms with Crippen LogP contribution >= 0.6 is 15.9 Å². The number of rotatable bonds is 4. The number of nitrogens with one attached hydrogen (secondary N) is 1. The normalized spacial score (nSPS) is 12.7. The van der Waals surface area contributed by atoms with Crippen molar-refractivity contribution in [3.8, 4) is 0 Å². The summed E-state index contributed by atoms with van der Waals surface area (Å²) in [5.41, 5.74) is -0.0140. The highest BCUT2D eigenvalue weighted by Crippen LogP contribution is 2.26. The van der Waals surface area contributed by atoms with Crippen LogP contribution in [0.3, 0.4) is 0 Å². The first-order chi connectivity index (χ1) is 9.23. The molecule has 0 unspecified atom stereocenters. The van der Waals surface area contributed by atoms with Gasteiger partial charge in [-0.15, -0.1) is 0 Å². The Labute approximate surface area is 125 Å². The molecule has 20 heavy (non-hydrogen) atoms. The van der Waals surface area contributed by atoms with Crippen LogP contribution in [0.1, 0.15) is 38.8 Å². The predicted molar refractivity (Wildman–Crippen MR) is 76.9 cm³/mol. The standard InChI is InChI=1S/C14H17BrFNO3/c1-14(2,3)20-13(19)17-12(6-7-18)10-5-4-9(16)8-11(10)15/h4-5,7-8,12H,6H2,1-3H3,(H,17,19)/t12-/m0/s1. The molecule has 4 nitrogen and oxygen atoms in total. The minimum atomic E-state index is -0.629. The van der Waals surface area contributed by atoms with E-state index in [0.717, 1.165) is 0 Å². The summed E-state index contributed by atoms with van der Waals surface area (Å²) in [6, 6.07) is 3.50. The third kappa shape index (κ3) is 5.28. The summed E-state index contributed by atoms with van der Waals surface area (Å²) >= 11 is 3.22. The maximum Gasteiger partial charge on any atom is 0.408 e. The average Bonchev–Trinajstić information content (AvgIpc) is 2.25. The summed E-state index contributed by atoms with van der Waals surface area (Å²) in [5, 5.41) is 2.61. The van der Waals surface area contributed by atoms with E-state index in [4.69, 9.17) is 4.74 Å². The van der Waals surface area contributed by atoms with Crippen molar-refractivity contribution in [2.75, 3.05) is 0 Å². The quantitative estimate of drug-likeness (QED) is 0.845. The first-order valence-electron chi connectivity index (χ1n) is 6.11. The Morgan fingerprint density at radius 3 is 2.65 bits per heavy atom. The van der Waals surface area contributed by atoms with Crippen LogP contribution in [0.15, 0.2) is 22.7 Å². The molecule has 0 saturated heterocycles. The van der Waals surface area contributed by atoms with Gasteiger partial charge in [0.15, 0.2) is 0 Å². The first-order valence-corrected chi connectivity index (χ1v) is 6.90. The molecule has 0 fully saturated rings. The molecule has 1 atom stereocenters. The zero-order valence-corrected chi connectivity index (χ0v) is 13.2. The summed E-state index contributed by atoms with van der Waals surface area (Å²) in [4.78, 5) is 22.5. The number of alkyl carbamates (subject to hydrolysis) is 1. The van der Waals surface area contributed by atoms with E-state index in [1.54, 1.807) is 20.8 Å². The molecule has 6 heteroatoms. The van der Waals surface area contributed by atoms with E-state index in [1.165, 1.54) is 18.2 Å². The van der Waals surface area contributed by atoms with Gasteiger partial charge in [0.25, 0.3) is 0 Å². The Hall–Kier alpha value is -1.43. The van der Waals surface area contributed by atoms with Crippen LogP contribution in [0, 0.1) is 5.82 Å². The van der Waals surface area contributed by atoms with Gasteiger partial charge in [-0.1, -0.05) is 22.0 Å². The van der Waals surface area contributed by atoms with Crippen LogP contribution in [0.2, 0.25) is 0 Å². The molecule has 1 N–H and O–H groups in total. The molecule has 0 aromatic heterocycles. The molecule has 1 rings (SSSR count). The Kier molecular flexibility index (Phi) is 5.68. The first kappa shape index (κ1) is 16.6. The van der Waals surface area contributed by atoms with E-state index in [1.807, 2.05) is 0 Å². The number of amides is 1. The summed E-state index contributed by atoms with van der Waals surface area (Å²) in [6.45, 7) is 5.24. The Balaban J connectivity index is 2.89. The topological polar surface area (TPSA) is 55.4 Å². The van der Waals surface area contributed by atoms with E-state index < -0.39 is 23.6 Å². The monoisotopic (exact) mass is 345 g/mol. The molecule has 0 aliphatic rings. The number of hydrogen-bond acceptors (Lipinski definition) is 3. The lowest BCUT2D eigenvalue weighted by Crippen LogP contribution is -2.35. The largest absolute Gasteiger partial charge is 0.444 e. The molecule has 0 aliphatic heterocycles. The smallest absolute Gasteiger partial charge is 0.408 e. The molecular weight excluding hydrogens is 329 g/mol. The molecule has 1 aromatic carbocycles. The minimum Gasteiger partial charge on any atom is -0.444 e. The van der Waals surface area contributed by atoms with Gasteiger partial charge in [0.2, 0.25) is 0 Å². The lowest BCUT2D eigenvalue weighted by Gasteiger charge is -2.23. The van der Waals surface area contributed by atoms with Crippen molar-refractivity contribution in [3.63, 3.8) is 0 Å². The second-order valence-electron chi connectivity index (χ2n) is 5.27. The van der Waals surface area contributed by atoms with Gasteiger partial charge in [-0.2, -0.15) is 0 Å². The second-order valence-corrected chi connectivity index (χ2v) is 6.12. The number of benzene rings is 1. The zero-order chi connectivity index (χ0) is 15.3. The maximum atomic E-state index is 13.1. The van der Waals surface area contributed by atoms with E-state index >= 15 is 0 Å². The molecule has 0 saturated carbocycles. The third-order valence-electron chi connectivity index (χ3n) is 2.36. The van der Waals surface area contributed by atoms with Crippen molar-refractivity contribution in [2.24, 2.45) is 0 Å². The summed E-state index contributed by atoms with van der Waals surface area (Å²) in [5.74, 6) is -0.400. The Bertz CT molecular complexity index is 500. The molecule has 110 valence electrons. The van der Waals surface area contributed by atoms with Gasteiger partial charge in [-0.05, 0) is 38.5 Å². The van der Waals surface area contributed by atoms with Crippen molar-refractivity contribution in [3.05, 3.63) is 34.1 Å². The number of carbonyl (C=O) groups is 2. The van der Waals surface area contributed by atoms with Crippen LogP contribution in [0.4, 0.5) is 9.18 Å². The highest BCUT2D eigenvalue weighted by atomic mass is 79.9.